The quantitative estimate of drug-likeness (QED) is 0.327. The molecule has 3 aromatic carbocycles. The van der Waals surface area contributed by atoms with Crippen molar-refractivity contribution in [3.05, 3.63) is 106 Å². The number of amides is 2. The van der Waals surface area contributed by atoms with Crippen LogP contribution in [-0.4, -0.2) is 65.8 Å². The maximum atomic E-state index is 13.5. The van der Waals surface area contributed by atoms with E-state index < -0.39 is 0 Å². The van der Waals surface area contributed by atoms with E-state index in [0.717, 1.165) is 68.6 Å². The van der Waals surface area contributed by atoms with Crippen molar-refractivity contribution in [1.82, 2.24) is 14.7 Å². The Hall–Kier alpha value is -2.67. The average molecular weight is 623 g/mol. The van der Waals surface area contributed by atoms with Gasteiger partial charge in [-0.05, 0) is 73.7 Å². The molecule has 0 aromatic heterocycles. The van der Waals surface area contributed by atoms with Gasteiger partial charge in [-0.25, -0.2) is 0 Å². The van der Waals surface area contributed by atoms with Crippen molar-refractivity contribution in [3.8, 4) is 0 Å². The number of piperidine rings is 1. The van der Waals surface area contributed by atoms with Crippen LogP contribution in [0.4, 0.5) is 0 Å². The molecule has 7 heteroatoms. The summed E-state index contributed by atoms with van der Waals surface area (Å²) in [6.45, 7) is 5.93. The van der Waals surface area contributed by atoms with Crippen LogP contribution >= 0.6 is 28.3 Å². The van der Waals surface area contributed by atoms with Crippen LogP contribution in [0.15, 0.2) is 89.4 Å². The number of benzene rings is 3. The average Bonchev–Trinajstić information content (AvgIpc) is 3.53. The van der Waals surface area contributed by atoms with Gasteiger partial charge in [0.25, 0.3) is 5.91 Å². The minimum absolute atomic E-state index is 0. The molecule has 1 spiro atoms. The number of halogens is 2. The number of hydrogen-bond donors (Lipinski definition) is 0. The van der Waals surface area contributed by atoms with Crippen molar-refractivity contribution >= 4 is 40.2 Å². The zero-order valence-corrected chi connectivity index (χ0v) is 25.2. The molecule has 0 bridgehead atoms. The molecule has 3 aliphatic rings. The number of carbonyl (C=O) groups excluding carboxylic acids is 2. The van der Waals surface area contributed by atoms with Crippen molar-refractivity contribution in [1.29, 1.82) is 0 Å². The van der Waals surface area contributed by atoms with E-state index in [1.54, 1.807) is 0 Å². The highest BCUT2D eigenvalue weighted by atomic mass is 79.9. The Bertz CT molecular complexity index is 1300. The topological polar surface area (TPSA) is 43.9 Å². The fourth-order valence-corrected chi connectivity index (χ4v) is 7.14. The lowest BCUT2D eigenvalue weighted by atomic mass is 9.76. The minimum Gasteiger partial charge on any atom is -0.338 e. The molecule has 0 radical (unpaired) electrons. The first-order valence-electron chi connectivity index (χ1n) is 14.2. The predicted octanol–water partition coefficient (Wildman–Crippen LogP) is 6.24. The summed E-state index contributed by atoms with van der Waals surface area (Å²) < 4.78 is 1.06. The highest BCUT2D eigenvalue weighted by Gasteiger charge is 2.48. The van der Waals surface area contributed by atoms with Crippen LogP contribution in [0.1, 0.15) is 46.7 Å². The summed E-state index contributed by atoms with van der Waals surface area (Å²) in [6.07, 6.45) is 2.82. The second-order valence-corrected chi connectivity index (χ2v) is 12.5. The fraction of sp³-hybridized carbons (Fsp3) is 0.394. The fourth-order valence-electron chi connectivity index (χ4n) is 6.88. The van der Waals surface area contributed by atoms with Gasteiger partial charge in [0.1, 0.15) is 0 Å². The van der Waals surface area contributed by atoms with Gasteiger partial charge in [0, 0.05) is 48.7 Å². The van der Waals surface area contributed by atoms with Gasteiger partial charge in [0.05, 0.1) is 5.41 Å². The number of likely N-dealkylation sites (tertiary alicyclic amines) is 3. The van der Waals surface area contributed by atoms with Crippen LogP contribution in [0.25, 0.3) is 0 Å². The lowest BCUT2D eigenvalue weighted by Gasteiger charge is -2.39. The van der Waals surface area contributed by atoms with Gasteiger partial charge in [-0.1, -0.05) is 76.6 Å². The Morgan fingerprint density at radius 3 is 2.12 bits per heavy atom. The van der Waals surface area contributed by atoms with Crippen LogP contribution in [0.5, 0.6) is 0 Å². The Morgan fingerprint density at radius 1 is 0.825 bits per heavy atom. The van der Waals surface area contributed by atoms with Gasteiger partial charge in [-0.2, -0.15) is 0 Å². The van der Waals surface area contributed by atoms with Crippen LogP contribution in [0.3, 0.4) is 0 Å². The van der Waals surface area contributed by atoms with E-state index in [2.05, 4.69) is 68.2 Å². The molecule has 5 nitrogen and oxygen atoms in total. The molecule has 210 valence electrons. The van der Waals surface area contributed by atoms with Gasteiger partial charge in [0.2, 0.25) is 5.91 Å². The molecule has 3 aromatic rings. The number of hydrogen-bond acceptors (Lipinski definition) is 3. The monoisotopic (exact) mass is 621 g/mol. The Labute approximate surface area is 252 Å². The normalized spacial score (nSPS) is 22.5. The van der Waals surface area contributed by atoms with Gasteiger partial charge < -0.3 is 14.7 Å². The molecule has 0 saturated carbocycles. The summed E-state index contributed by atoms with van der Waals surface area (Å²) in [5, 5.41) is 0. The smallest absolute Gasteiger partial charge is 0.253 e. The minimum atomic E-state index is -0.199. The van der Waals surface area contributed by atoms with E-state index in [4.69, 9.17) is 0 Å². The Balaban J connectivity index is 0.00000323. The van der Waals surface area contributed by atoms with Gasteiger partial charge in [0.15, 0.2) is 0 Å². The van der Waals surface area contributed by atoms with Crippen molar-refractivity contribution in [2.45, 2.75) is 31.7 Å². The van der Waals surface area contributed by atoms with Crippen molar-refractivity contribution in [2.24, 2.45) is 11.3 Å². The SMILES string of the molecule is Cl.O=C(c1ccccc1)N1C[C@H](CN2CCC3(CC2)CCN(Cc2ccc(Br)cc2)C3=O)[C@@H](c2ccccc2)C1. The Kier molecular flexibility index (Phi) is 8.98. The molecule has 2 atom stereocenters. The highest BCUT2D eigenvalue weighted by molar-refractivity contribution is 9.10. The summed E-state index contributed by atoms with van der Waals surface area (Å²) in [5.41, 5.74) is 3.06. The van der Waals surface area contributed by atoms with Crippen LogP contribution in [0.2, 0.25) is 0 Å². The molecule has 6 rings (SSSR count). The number of carbonyl (C=O) groups is 2. The molecule has 3 fully saturated rings. The van der Waals surface area contributed by atoms with Crippen molar-refractivity contribution < 1.29 is 9.59 Å². The number of rotatable bonds is 6. The lowest BCUT2D eigenvalue weighted by molar-refractivity contribution is -0.139. The molecule has 0 unspecified atom stereocenters. The number of nitrogens with zero attached hydrogens (tertiary/aromatic N) is 3. The molecule has 3 heterocycles. The zero-order valence-electron chi connectivity index (χ0n) is 22.8. The van der Waals surface area contributed by atoms with E-state index in [0.29, 0.717) is 24.3 Å². The maximum Gasteiger partial charge on any atom is 0.253 e. The van der Waals surface area contributed by atoms with E-state index in [9.17, 15) is 9.59 Å². The third kappa shape index (κ3) is 6.00. The standard InChI is InChI=1S/C33H36BrN3O2.ClH/c34-29-13-11-25(12-14-29)21-36-20-17-33(32(36)39)15-18-35(19-16-33)22-28-23-37(31(38)27-9-5-2-6-10-27)24-30(28)26-7-3-1-4-8-26;/h1-14,28,30H,15-24H2;1H/t28-,30+;/m0./s1. The third-order valence-corrected chi connectivity index (χ3v) is 9.70. The van der Waals surface area contributed by atoms with Crippen LogP contribution in [0, 0.1) is 11.3 Å². The molecule has 3 saturated heterocycles. The van der Waals surface area contributed by atoms with Gasteiger partial charge in [-0.3, -0.25) is 9.59 Å². The van der Waals surface area contributed by atoms with E-state index in [1.165, 1.54) is 11.1 Å². The van der Waals surface area contributed by atoms with Crippen molar-refractivity contribution in [3.63, 3.8) is 0 Å². The van der Waals surface area contributed by atoms with E-state index >= 15 is 0 Å². The van der Waals surface area contributed by atoms with Crippen LogP contribution in [-0.2, 0) is 11.3 Å². The molecule has 2 amide bonds. The van der Waals surface area contributed by atoms with Gasteiger partial charge >= 0.3 is 0 Å². The molecule has 3 aliphatic heterocycles. The second kappa shape index (κ2) is 12.5. The summed E-state index contributed by atoms with van der Waals surface area (Å²) in [7, 11) is 0. The predicted molar refractivity (Wildman–Crippen MR) is 165 cm³/mol. The summed E-state index contributed by atoms with van der Waals surface area (Å²) >= 11 is 3.50. The first kappa shape index (κ1) is 28.8. The van der Waals surface area contributed by atoms with Crippen molar-refractivity contribution in [2.75, 3.05) is 39.3 Å². The lowest BCUT2D eigenvalue weighted by Crippen LogP contribution is -2.46. The zero-order chi connectivity index (χ0) is 26.8. The first-order chi connectivity index (χ1) is 19.0. The third-order valence-electron chi connectivity index (χ3n) is 9.17. The molecular formula is C33H37BrClN3O2. The van der Waals surface area contributed by atoms with Gasteiger partial charge in [-0.15, -0.1) is 12.4 Å². The van der Waals surface area contributed by atoms with Crippen LogP contribution < -0.4 is 0 Å². The highest BCUT2D eigenvalue weighted by Crippen LogP contribution is 2.43. The Morgan fingerprint density at radius 2 is 1.45 bits per heavy atom. The molecule has 0 aliphatic carbocycles. The maximum absolute atomic E-state index is 13.5. The van der Waals surface area contributed by atoms with E-state index in [1.807, 2.05) is 47.4 Å². The first-order valence-corrected chi connectivity index (χ1v) is 15.0. The summed E-state index contributed by atoms with van der Waals surface area (Å²) in [4.78, 5) is 33.5. The molecule has 40 heavy (non-hydrogen) atoms. The van der Waals surface area contributed by atoms with E-state index in [-0.39, 0.29) is 23.7 Å². The summed E-state index contributed by atoms with van der Waals surface area (Å²) in [5.74, 6) is 1.17. The molecular weight excluding hydrogens is 586 g/mol. The summed E-state index contributed by atoms with van der Waals surface area (Å²) in [6, 6.07) is 28.6. The molecule has 0 N–H and O–H groups in total. The second-order valence-electron chi connectivity index (χ2n) is 11.5. The largest absolute Gasteiger partial charge is 0.338 e.